The van der Waals surface area contributed by atoms with Crippen molar-refractivity contribution in [2.45, 2.75) is 6.42 Å². The predicted octanol–water partition coefficient (Wildman–Crippen LogP) is 2.27. The first kappa shape index (κ1) is 9.58. The molecule has 0 aliphatic heterocycles. The quantitative estimate of drug-likeness (QED) is 0.726. The van der Waals surface area contributed by atoms with Gasteiger partial charge in [0, 0.05) is 11.6 Å². The van der Waals surface area contributed by atoms with Crippen LogP contribution in [0.2, 0.25) is 0 Å². The van der Waals surface area contributed by atoms with E-state index in [0.29, 0.717) is 12.0 Å². The van der Waals surface area contributed by atoms with Gasteiger partial charge in [-0.3, -0.25) is 0 Å². The molecule has 2 nitrogen and oxygen atoms in total. The molecule has 0 saturated carbocycles. The molecule has 0 radical (unpaired) electrons. The molecule has 0 aliphatic rings. The van der Waals surface area contributed by atoms with Gasteiger partial charge in [-0.25, -0.2) is 4.39 Å². The van der Waals surface area contributed by atoms with Gasteiger partial charge >= 0.3 is 0 Å². The van der Waals surface area contributed by atoms with E-state index < -0.39 is 5.82 Å². The van der Waals surface area contributed by atoms with E-state index >= 15 is 0 Å². The Morgan fingerprint density at radius 1 is 1.62 bits per heavy atom. The summed E-state index contributed by atoms with van der Waals surface area (Å²) < 4.78 is 17.7. The monoisotopic (exact) mass is 182 g/mol. The zero-order chi connectivity index (χ0) is 9.84. The molecule has 0 aliphatic carbocycles. The average molecular weight is 182 g/mol. The lowest BCUT2D eigenvalue weighted by Gasteiger charge is -2.07. The van der Waals surface area contributed by atoms with Gasteiger partial charge in [0.05, 0.1) is 7.11 Å². The zero-order valence-electron chi connectivity index (χ0n) is 7.38. The molecule has 1 rings (SSSR count). The van der Waals surface area contributed by atoms with Gasteiger partial charge in [-0.2, -0.15) is 0 Å². The lowest BCUT2D eigenvalue weighted by molar-refractivity contribution is 0.368. The van der Waals surface area contributed by atoms with Gasteiger partial charge in [-0.1, -0.05) is 6.08 Å². The highest BCUT2D eigenvalue weighted by Gasteiger charge is 2.08. The maximum Gasteiger partial charge on any atom is 0.163 e. The van der Waals surface area contributed by atoms with Crippen molar-refractivity contribution in [3.05, 3.63) is 36.2 Å². The predicted molar refractivity (Wildman–Crippen MR) is 48.5 cm³/mol. The fraction of sp³-hybridized carbons (Fsp3) is 0.200. The van der Waals surface area contributed by atoms with E-state index in [0.717, 1.165) is 6.07 Å². The fourth-order valence-corrected chi connectivity index (χ4v) is 1.10. The lowest BCUT2D eigenvalue weighted by atomic mass is 10.1. The van der Waals surface area contributed by atoms with Crippen molar-refractivity contribution in [2.75, 3.05) is 7.11 Å². The Morgan fingerprint density at radius 3 is 2.85 bits per heavy atom. The van der Waals surface area contributed by atoms with Gasteiger partial charge < -0.3 is 9.84 Å². The number of ether oxygens (including phenoxy) is 1. The van der Waals surface area contributed by atoms with Crippen LogP contribution in [0.15, 0.2) is 24.8 Å². The molecule has 70 valence electrons. The molecule has 13 heavy (non-hydrogen) atoms. The van der Waals surface area contributed by atoms with Crippen LogP contribution in [0.25, 0.3) is 0 Å². The van der Waals surface area contributed by atoms with Crippen LogP contribution in [0.5, 0.6) is 11.5 Å². The summed E-state index contributed by atoms with van der Waals surface area (Å²) in [7, 11) is 1.38. The van der Waals surface area contributed by atoms with Crippen LogP contribution in [-0.2, 0) is 6.42 Å². The van der Waals surface area contributed by atoms with Crippen molar-refractivity contribution in [3.8, 4) is 11.5 Å². The first-order valence-corrected chi connectivity index (χ1v) is 3.85. The second kappa shape index (κ2) is 3.94. The molecular weight excluding hydrogens is 171 g/mol. The van der Waals surface area contributed by atoms with Crippen molar-refractivity contribution < 1.29 is 14.2 Å². The van der Waals surface area contributed by atoms with Crippen LogP contribution in [0.3, 0.4) is 0 Å². The molecule has 1 N–H and O–H groups in total. The molecule has 0 fully saturated rings. The first-order chi connectivity index (χ1) is 6.19. The minimum Gasteiger partial charge on any atom is -0.504 e. The van der Waals surface area contributed by atoms with Gasteiger partial charge in [0.2, 0.25) is 0 Å². The molecule has 3 heteroatoms. The summed E-state index contributed by atoms with van der Waals surface area (Å²) in [5, 5.41) is 9.50. The topological polar surface area (TPSA) is 29.5 Å². The zero-order valence-corrected chi connectivity index (χ0v) is 7.38. The summed E-state index contributed by atoms with van der Waals surface area (Å²) >= 11 is 0. The molecule has 0 saturated heterocycles. The Kier molecular flexibility index (Phi) is 2.90. The van der Waals surface area contributed by atoms with Crippen molar-refractivity contribution in [3.63, 3.8) is 0 Å². The number of aromatic hydroxyl groups is 1. The highest BCUT2D eigenvalue weighted by atomic mass is 19.1. The molecular formula is C10H11FO2. The summed E-state index contributed by atoms with van der Waals surface area (Å²) in [5.74, 6) is -0.299. The Balaban J connectivity index is 3.18. The minimum absolute atomic E-state index is 0.0243. The number of phenolic OH excluding ortho intramolecular Hbond substituents is 1. The molecule has 1 aromatic rings. The van der Waals surface area contributed by atoms with Crippen molar-refractivity contribution in [2.24, 2.45) is 0 Å². The second-order valence-electron chi connectivity index (χ2n) is 2.61. The van der Waals surface area contributed by atoms with E-state index in [1.165, 1.54) is 13.2 Å². The number of benzene rings is 1. The van der Waals surface area contributed by atoms with Gasteiger partial charge in [-0.15, -0.1) is 6.58 Å². The van der Waals surface area contributed by atoms with E-state index in [1.54, 1.807) is 6.08 Å². The number of methoxy groups -OCH3 is 1. The molecule has 0 amide bonds. The summed E-state index contributed by atoms with van der Waals surface area (Å²) in [6, 6.07) is 2.40. The number of phenols is 1. The van der Waals surface area contributed by atoms with E-state index in [9.17, 15) is 9.50 Å². The van der Waals surface area contributed by atoms with Crippen LogP contribution >= 0.6 is 0 Å². The van der Waals surface area contributed by atoms with Crippen molar-refractivity contribution in [1.29, 1.82) is 0 Å². The maximum absolute atomic E-state index is 12.9. The smallest absolute Gasteiger partial charge is 0.163 e. The fourth-order valence-electron chi connectivity index (χ4n) is 1.10. The number of hydrogen-bond donors (Lipinski definition) is 1. The van der Waals surface area contributed by atoms with E-state index in [2.05, 4.69) is 6.58 Å². The lowest BCUT2D eigenvalue weighted by Crippen LogP contribution is -1.90. The highest BCUT2D eigenvalue weighted by molar-refractivity contribution is 5.46. The standard InChI is InChI=1S/C10H11FO2/c1-3-4-7-5-8(11)6-9(13-2)10(7)12/h3,5-6,12H,1,4H2,2H3. The molecule has 0 spiro atoms. The van der Waals surface area contributed by atoms with Gasteiger partial charge in [-0.05, 0) is 12.5 Å². The molecule has 0 aromatic heterocycles. The third-order valence-corrected chi connectivity index (χ3v) is 1.70. The van der Waals surface area contributed by atoms with Crippen LogP contribution < -0.4 is 4.74 Å². The van der Waals surface area contributed by atoms with Crippen LogP contribution in [0.1, 0.15) is 5.56 Å². The number of halogens is 1. The van der Waals surface area contributed by atoms with Gasteiger partial charge in [0.15, 0.2) is 11.5 Å². The highest BCUT2D eigenvalue weighted by Crippen LogP contribution is 2.31. The largest absolute Gasteiger partial charge is 0.504 e. The summed E-state index contributed by atoms with van der Waals surface area (Å²) in [4.78, 5) is 0. The summed E-state index contributed by atoms with van der Waals surface area (Å²) in [6.45, 7) is 3.51. The number of rotatable bonds is 3. The summed E-state index contributed by atoms with van der Waals surface area (Å²) in [6.07, 6.45) is 2.01. The van der Waals surface area contributed by atoms with Gasteiger partial charge in [0.1, 0.15) is 5.82 Å². The molecule has 1 aromatic carbocycles. The van der Waals surface area contributed by atoms with Crippen LogP contribution in [-0.4, -0.2) is 12.2 Å². The second-order valence-corrected chi connectivity index (χ2v) is 2.61. The summed E-state index contributed by atoms with van der Waals surface area (Å²) in [5.41, 5.74) is 0.479. The molecule has 0 heterocycles. The van der Waals surface area contributed by atoms with E-state index in [-0.39, 0.29) is 11.5 Å². The Morgan fingerprint density at radius 2 is 2.31 bits per heavy atom. The van der Waals surface area contributed by atoms with Crippen LogP contribution in [0.4, 0.5) is 4.39 Å². The van der Waals surface area contributed by atoms with E-state index in [1.807, 2.05) is 0 Å². The Labute approximate surface area is 76.3 Å². The Bertz CT molecular complexity index is 321. The first-order valence-electron chi connectivity index (χ1n) is 3.85. The van der Waals surface area contributed by atoms with Crippen LogP contribution in [0, 0.1) is 5.82 Å². The van der Waals surface area contributed by atoms with E-state index in [4.69, 9.17) is 4.74 Å². The maximum atomic E-state index is 12.9. The SMILES string of the molecule is C=CCc1cc(F)cc(OC)c1O. The number of hydrogen-bond acceptors (Lipinski definition) is 2. The molecule has 0 bridgehead atoms. The Hall–Kier alpha value is -1.51. The average Bonchev–Trinajstić information content (AvgIpc) is 2.11. The third kappa shape index (κ3) is 1.99. The molecule has 0 unspecified atom stereocenters. The van der Waals surface area contributed by atoms with Gasteiger partial charge in [0.25, 0.3) is 0 Å². The minimum atomic E-state index is -0.425. The third-order valence-electron chi connectivity index (χ3n) is 1.70. The molecule has 0 atom stereocenters. The normalized spacial score (nSPS) is 9.69. The number of allylic oxidation sites excluding steroid dienone is 1. The van der Waals surface area contributed by atoms with Crippen molar-refractivity contribution >= 4 is 0 Å². The van der Waals surface area contributed by atoms with Crippen molar-refractivity contribution in [1.82, 2.24) is 0 Å².